The van der Waals surface area contributed by atoms with Crippen molar-refractivity contribution < 1.29 is 9.21 Å². The number of carbonyl (C=O) groups excluding carboxylic acids is 1. The molecule has 0 aliphatic carbocycles. The highest BCUT2D eigenvalue weighted by Gasteiger charge is 2.17. The molecule has 0 N–H and O–H groups in total. The Morgan fingerprint density at radius 2 is 2.00 bits per heavy atom. The first-order valence-corrected chi connectivity index (χ1v) is 9.47. The Morgan fingerprint density at radius 1 is 1.23 bits per heavy atom. The van der Waals surface area contributed by atoms with Crippen molar-refractivity contribution in [2.45, 2.75) is 37.3 Å². The van der Waals surface area contributed by atoms with Crippen LogP contribution in [0.5, 0.6) is 0 Å². The van der Waals surface area contributed by atoms with Crippen LogP contribution in [0.3, 0.4) is 0 Å². The quantitative estimate of drug-likeness (QED) is 0.797. The van der Waals surface area contributed by atoms with Crippen molar-refractivity contribution in [1.82, 2.24) is 15.1 Å². The zero-order chi connectivity index (χ0) is 15.2. The molecule has 2 aromatic heterocycles. The van der Waals surface area contributed by atoms with Crippen LogP contribution in [-0.4, -0.2) is 39.8 Å². The molecule has 0 bridgehead atoms. The van der Waals surface area contributed by atoms with Gasteiger partial charge in [0.2, 0.25) is 5.91 Å². The minimum atomic E-state index is 0.169. The van der Waals surface area contributed by atoms with Gasteiger partial charge >= 0.3 is 0 Å². The van der Waals surface area contributed by atoms with E-state index in [9.17, 15) is 4.79 Å². The number of rotatable bonds is 4. The van der Waals surface area contributed by atoms with Crippen molar-refractivity contribution >= 4 is 29.0 Å². The first kappa shape index (κ1) is 15.6. The van der Waals surface area contributed by atoms with Gasteiger partial charge in [-0.2, -0.15) is 0 Å². The van der Waals surface area contributed by atoms with Gasteiger partial charge in [-0.3, -0.25) is 4.79 Å². The average Bonchev–Trinajstić information content (AvgIpc) is 3.15. The van der Waals surface area contributed by atoms with Crippen molar-refractivity contribution in [2.24, 2.45) is 0 Å². The van der Waals surface area contributed by atoms with Gasteiger partial charge in [0, 0.05) is 13.1 Å². The Bertz CT molecular complexity index is 590. The molecule has 3 heterocycles. The summed E-state index contributed by atoms with van der Waals surface area (Å²) in [5, 5.41) is 10.5. The SMILES string of the molecule is O=C(CSc1nnc(-c2cccs2)o1)N1CCCCCCC1. The molecule has 2 aromatic rings. The molecule has 1 aliphatic rings. The van der Waals surface area contributed by atoms with E-state index < -0.39 is 0 Å². The van der Waals surface area contributed by atoms with E-state index in [2.05, 4.69) is 10.2 Å². The van der Waals surface area contributed by atoms with Gasteiger partial charge in [-0.15, -0.1) is 21.5 Å². The molecular formula is C15H19N3O2S2. The summed E-state index contributed by atoms with van der Waals surface area (Å²) in [5.74, 6) is 1.06. The topological polar surface area (TPSA) is 59.2 Å². The smallest absolute Gasteiger partial charge is 0.277 e. The Hall–Kier alpha value is -1.34. The highest BCUT2D eigenvalue weighted by Crippen LogP contribution is 2.26. The predicted molar refractivity (Wildman–Crippen MR) is 88.0 cm³/mol. The minimum absolute atomic E-state index is 0.169. The third kappa shape index (κ3) is 4.10. The van der Waals surface area contributed by atoms with Crippen LogP contribution >= 0.6 is 23.1 Å². The summed E-state index contributed by atoms with van der Waals surface area (Å²) in [4.78, 5) is 15.2. The number of carbonyl (C=O) groups is 1. The maximum absolute atomic E-state index is 12.3. The predicted octanol–water partition coefficient (Wildman–Crippen LogP) is 3.68. The molecule has 0 spiro atoms. The second-order valence-electron chi connectivity index (χ2n) is 5.29. The first-order chi connectivity index (χ1) is 10.8. The van der Waals surface area contributed by atoms with Gasteiger partial charge < -0.3 is 9.32 Å². The third-order valence-corrected chi connectivity index (χ3v) is 5.33. The van der Waals surface area contributed by atoms with Crippen LogP contribution in [0.1, 0.15) is 32.1 Å². The molecule has 118 valence electrons. The summed E-state index contributed by atoms with van der Waals surface area (Å²) in [6, 6.07) is 3.89. The summed E-state index contributed by atoms with van der Waals surface area (Å²) < 4.78 is 5.59. The number of aromatic nitrogens is 2. The van der Waals surface area contributed by atoms with Crippen molar-refractivity contribution in [1.29, 1.82) is 0 Å². The molecule has 1 aliphatic heterocycles. The number of likely N-dealkylation sites (tertiary alicyclic amines) is 1. The molecule has 1 saturated heterocycles. The van der Waals surface area contributed by atoms with E-state index in [-0.39, 0.29) is 5.91 Å². The minimum Gasteiger partial charge on any atom is -0.410 e. The van der Waals surface area contributed by atoms with Gasteiger partial charge in [-0.25, -0.2) is 0 Å². The van der Waals surface area contributed by atoms with E-state index in [0.717, 1.165) is 30.8 Å². The van der Waals surface area contributed by atoms with Crippen LogP contribution in [0.4, 0.5) is 0 Å². The number of nitrogens with zero attached hydrogens (tertiary/aromatic N) is 3. The maximum Gasteiger partial charge on any atom is 0.277 e. The Labute approximate surface area is 138 Å². The van der Waals surface area contributed by atoms with Crippen molar-refractivity contribution in [2.75, 3.05) is 18.8 Å². The summed E-state index contributed by atoms with van der Waals surface area (Å²) in [6.07, 6.45) is 5.97. The van der Waals surface area contributed by atoms with E-state index in [1.165, 1.54) is 31.0 Å². The lowest BCUT2D eigenvalue weighted by Crippen LogP contribution is -2.35. The summed E-state index contributed by atoms with van der Waals surface area (Å²) in [6.45, 7) is 1.76. The van der Waals surface area contributed by atoms with Crippen LogP contribution in [0.2, 0.25) is 0 Å². The van der Waals surface area contributed by atoms with Crippen molar-refractivity contribution in [3.63, 3.8) is 0 Å². The van der Waals surface area contributed by atoms with E-state index in [1.807, 2.05) is 22.4 Å². The van der Waals surface area contributed by atoms with Crippen LogP contribution in [-0.2, 0) is 4.79 Å². The first-order valence-electron chi connectivity index (χ1n) is 7.61. The van der Waals surface area contributed by atoms with Gasteiger partial charge in [0.1, 0.15) is 0 Å². The molecule has 7 heteroatoms. The fourth-order valence-corrected chi connectivity index (χ4v) is 3.79. The van der Waals surface area contributed by atoms with E-state index >= 15 is 0 Å². The summed E-state index contributed by atoms with van der Waals surface area (Å²) in [7, 11) is 0. The molecule has 1 fully saturated rings. The molecule has 1 amide bonds. The van der Waals surface area contributed by atoms with Crippen LogP contribution in [0, 0.1) is 0 Å². The fourth-order valence-electron chi connectivity index (χ4n) is 2.48. The summed E-state index contributed by atoms with van der Waals surface area (Å²) >= 11 is 2.89. The van der Waals surface area contributed by atoms with Crippen LogP contribution < -0.4 is 0 Å². The molecule has 0 saturated carbocycles. The highest BCUT2D eigenvalue weighted by atomic mass is 32.2. The Kier molecular flexibility index (Phi) is 5.50. The van der Waals surface area contributed by atoms with Crippen molar-refractivity contribution in [3.05, 3.63) is 17.5 Å². The number of hydrogen-bond acceptors (Lipinski definition) is 6. The fraction of sp³-hybridized carbons (Fsp3) is 0.533. The summed E-state index contributed by atoms with van der Waals surface area (Å²) in [5.41, 5.74) is 0. The van der Waals surface area contributed by atoms with Crippen molar-refractivity contribution in [3.8, 4) is 10.8 Å². The number of thioether (sulfide) groups is 1. The number of hydrogen-bond donors (Lipinski definition) is 0. The maximum atomic E-state index is 12.3. The zero-order valence-electron chi connectivity index (χ0n) is 12.4. The van der Waals surface area contributed by atoms with Crippen LogP contribution in [0.25, 0.3) is 10.8 Å². The Balaban J connectivity index is 1.52. The van der Waals surface area contributed by atoms with E-state index in [1.54, 1.807) is 11.3 Å². The highest BCUT2D eigenvalue weighted by molar-refractivity contribution is 7.99. The largest absolute Gasteiger partial charge is 0.410 e. The van der Waals surface area contributed by atoms with Crippen LogP contribution in [0.15, 0.2) is 27.2 Å². The number of thiophene rings is 1. The molecule has 0 aromatic carbocycles. The second kappa shape index (κ2) is 7.78. The average molecular weight is 337 g/mol. The van der Waals surface area contributed by atoms with E-state index in [0.29, 0.717) is 16.9 Å². The molecule has 5 nitrogen and oxygen atoms in total. The molecule has 0 radical (unpaired) electrons. The lowest BCUT2D eigenvalue weighted by atomic mass is 10.1. The zero-order valence-corrected chi connectivity index (χ0v) is 14.0. The molecule has 3 rings (SSSR count). The van der Waals surface area contributed by atoms with Gasteiger partial charge in [0.25, 0.3) is 11.1 Å². The van der Waals surface area contributed by atoms with Gasteiger partial charge in [-0.1, -0.05) is 37.1 Å². The van der Waals surface area contributed by atoms with Gasteiger partial charge in [0.15, 0.2) is 0 Å². The van der Waals surface area contributed by atoms with Gasteiger partial charge in [0.05, 0.1) is 10.6 Å². The standard InChI is InChI=1S/C15H19N3O2S2/c19-13(18-8-4-2-1-3-5-9-18)11-22-15-17-16-14(20-15)12-7-6-10-21-12/h6-7,10H,1-5,8-9,11H2. The lowest BCUT2D eigenvalue weighted by molar-refractivity contribution is -0.128. The molecule has 0 unspecified atom stereocenters. The second-order valence-corrected chi connectivity index (χ2v) is 7.16. The van der Waals surface area contributed by atoms with Gasteiger partial charge in [-0.05, 0) is 24.3 Å². The molecule has 0 atom stereocenters. The molecular weight excluding hydrogens is 318 g/mol. The lowest BCUT2D eigenvalue weighted by Gasteiger charge is -2.24. The Morgan fingerprint density at radius 3 is 2.73 bits per heavy atom. The molecule has 22 heavy (non-hydrogen) atoms. The van der Waals surface area contributed by atoms with E-state index in [4.69, 9.17) is 4.42 Å². The third-order valence-electron chi connectivity index (χ3n) is 3.67. The number of amides is 1. The monoisotopic (exact) mass is 337 g/mol. The normalized spacial score (nSPS) is 16.3.